The molecule has 1 aliphatic rings. The van der Waals surface area contributed by atoms with Crippen LogP contribution < -0.4 is 68.9 Å². The van der Waals surface area contributed by atoms with Gasteiger partial charge in [-0.05, 0) is 73.9 Å². The number of carboxylic acids is 2. The van der Waals surface area contributed by atoms with Crippen molar-refractivity contribution < 1.29 is 110 Å². The van der Waals surface area contributed by atoms with Gasteiger partial charge in [0.15, 0.2) is 5.78 Å². The van der Waals surface area contributed by atoms with Crippen molar-refractivity contribution in [3.8, 4) is 0 Å². The second kappa shape index (κ2) is 23.3. The maximum Gasteiger partial charge on any atom is 1.00 e. The Morgan fingerprint density at radius 2 is 0.981 bits per heavy atom. The van der Waals surface area contributed by atoms with Gasteiger partial charge in [-0.25, -0.2) is 16.8 Å². The first kappa shape index (κ1) is 47.5. The number of ketones is 1. The van der Waals surface area contributed by atoms with E-state index in [4.69, 9.17) is 0 Å². The molecular weight excluding hydrogens is 735 g/mol. The molecule has 2 aromatic rings. The number of Topliss-reactive ketones (excluding diaryl/α,β-unsaturated/α-hetero) is 1. The average molecular weight is 775 g/mol. The maximum atomic E-state index is 12.9. The molecule has 17 heteroatoms. The van der Waals surface area contributed by atoms with E-state index in [0.29, 0.717) is 48.2 Å². The standard InChI is InChI=1S/C35H42N2O11S2.2Na/c38-33(39)25-36(21-1-3-23-49(43,44)45)31-17-11-27(12-18-31)7-5-9-29-15-16-30(35(29)42)10-6-8-28-13-19-32(20-14-28)37(26-34(40)41)22-2-4-24-50(46,47)48;;/h5-14,17-20H,1-4,15-16,21-26H2,(H,38,39)(H,40,41)(H,43,44,45)(H,46,47,48);;/q;2*+1/p-2/b7-5+,8-6+,29-9+,30-10+;;. The van der Waals surface area contributed by atoms with Crippen LogP contribution in [0.1, 0.15) is 49.7 Å². The van der Waals surface area contributed by atoms with Gasteiger partial charge < -0.3 is 29.1 Å². The van der Waals surface area contributed by atoms with Crippen LogP contribution >= 0.6 is 0 Å². The summed E-state index contributed by atoms with van der Waals surface area (Å²) < 4.78 is 64.9. The van der Waals surface area contributed by atoms with E-state index in [2.05, 4.69) is 0 Å². The van der Waals surface area contributed by atoms with Gasteiger partial charge in [-0.2, -0.15) is 0 Å². The number of allylic oxidation sites excluding steroid dienone is 6. The van der Waals surface area contributed by atoms with Gasteiger partial charge in [-0.1, -0.05) is 60.7 Å². The maximum absolute atomic E-state index is 12.9. The Balaban J connectivity index is 0.00000676. The van der Waals surface area contributed by atoms with Crippen molar-refractivity contribution >= 4 is 61.5 Å². The molecular formula is C35H40N2Na2O11S2. The first-order valence-electron chi connectivity index (χ1n) is 15.9. The number of anilines is 2. The number of aliphatic carboxylic acids is 2. The molecule has 0 spiro atoms. The van der Waals surface area contributed by atoms with E-state index >= 15 is 0 Å². The molecule has 0 bridgehead atoms. The first-order chi connectivity index (χ1) is 23.6. The van der Waals surface area contributed by atoms with Gasteiger partial charge in [0.1, 0.15) is 13.1 Å². The summed E-state index contributed by atoms with van der Waals surface area (Å²) in [5.74, 6) is -3.12. The predicted octanol–water partition coefficient (Wildman–Crippen LogP) is -1.93. The topological polar surface area (TPSA) is 213 Å². The summed E-state index contributed by atoms with van der Waals surface area (Å²) >= 11 is 0. The van der Waals surface area contributed by atoms with Gasteiger partial charge >= 0.3 is 71.1 Å². The smallest absolute Gasteiger partial charge is 0.748 e. The Labute approximate surface area is 349 Å². The van der Waals surface area contributed by atoms with E-state index < -0.39 is 43.7 Å². The molecule has 0 saturated heterocycles. The zero-order chi connectivity index (χ0) is 36.7. The summed E-state index contributed by atoms with van der Waals surface area (Å²) in [7, 11) is -8.64. The monoisotopic (exact) mass is 774 g/mol. The van der Waals surface area contributed by atoms with Gasteiger partial charge in [0.05, 0.1) is 20.2 Å². The third-order valence-electron chi connectivity index (χ3n) is 7.73. The van der Waals surface area contributed by atoms with Crippen molar-refractivity contribution in [2.24, 2.45) is 0 Å². The summed E-state index contributed by atoms with van der Waals surface area (Å²) in [6, 6.07) is 14.2. The van der Waals surface area contributed by atoms with E-state index in [1.165, 1.54) is 0 Å². The van der Waals surface area contributed by atoms with Crippen molar-refractivity contribution in [2.75, 3.05) is 47.5 Å². The largest absolute Gasteiger partial charge is 1.00 e. The normalized spacial score (nSPS) is 14.8. The van der Waals surface area contributed by atoms with E-state index in [-0.39, 0.29) is 104 Å². The summed E-state index contributed by atoms with van der Waals surface area (Å²) in [5, 5.41) is 18.5. The number of carbonyl (C=O) groups is 3. The molecule has 1 aliphatic carbocycles. The van der Waals surface area contributed by atoms with E-state index in [9.17, 15) is 50.5 Å². The Morgan fingerprint density at radius 1 is 0.635 bits per heavy atom. The number of nitrogens with zero attached hydrogens (tertiary/aromatic N) is 2. The number of rotatable bonds is 20. The van der Waals surface area contributed by atoms with Crippen molar-refractivity contribution in [1.29, 1.82) is 0 Å². The molecule has 0 atom stereocenters. The Morgan fingerprint density at radius 3 is 1.29 bits per heavy atom. The molecule has 0 amide bonds. The molecule has 0 aliphatic heterocycles. The molecule has 52 heavy (non-hydrogen) atoms. The zero-order valence-electron chi connectivity index (χ0n) is 29.3. The van der Waals surface area contributed by atoms with Crippen molar-refractivity contribution in [3.63, 3.8) is 0 Å². The third kappa shape index (κ3) is 18.5. The summed E-state index contributed by atoms with van der Waals surface area (Å²) in [4.78, 5) is 38.8. The molecule has 3 rings (SSSR count). The second-order valence-corrected chi connectivity index (χ2v) is 14.7. The van der Waals surface area contributed by atoms with Crippen molar-refractivity contribution in [3.05, 3.63) is 95.1 Å². The number of hydrogen-bond donors (Lipinski definition) is 2. The molecule has 0 aromatic heterocycles. The zero-order valence-corrected chi connectivity index (χ0v) is 35.0. The summed E-state index contributed by atoms with van der Waals surface area (Å²) in [5.41, 5.74) is 4.27. The molecule has 2 N–H and O–H groups in total. The van der Waals surface area contributed by atoms with Crippen LogP contribution in [-0.2, 0) is 34.6 Å². The Hall–Kier alpha value is -2.57. The van der Waals surface area contributed by atoms with E-state index in [1.54, 1.807) is 82.6 Å². The van der Waals surface area contributed by atoms with Gasteiger partial charge in [0.2, 0.25) is 0 Å². The molecule has 2 aromatic carbocycles. The van der Waals surface area contributed by atoms with E-state index in [0.717, 1.165) is 11.1 Å². The Bertz CT molecular complexity index is 1710. The van der Waals surface area contributed by atoms with Crippen LogP contribution in [0.4, 0.5) is 11.4 Å². The van der Waals surface area contributed by atoms with Crippen molar-refractivity contribution in [1.82, 2.24) is 0 Å². The van der Waals surface area contributed by atoms with Crippen LogP contribution in [0.5, 0.6) is 0 Å². The predicted molar refractivity (Wildman–Crippen MR) is 189 cm³/mol. The fraction of sp³-hybridized carbons (Fsp3) is 0.343. The fourth-order valence-electron chi connectivity index (χ4n) is 5.25. The summed E-state index contributed by atoms with van der Waals surface area (Å²) in [6.07, 6.45) is 12.9. The molecule has 13 nitrogen and oxygen atoms in total. The van der Waals surface area contributed by atoms with E-state index in [1.807, 2.05) is 12.2 Å². The SMILES string of the molecule is O=C(O)CN(CCCCS(=O)(=O)[O-])c1ccc(/C=C/C=C2\CC/C(=C\C=C\c3ccc(N(CCCCS(=O)(=O)[O-])CC(=O)O)cc3)C2=O)cc1.[Na+].[Na+]. The van der Waals surface area contributed by atoms with Crippen LogP contribution in [0.15, 0.2) is 84.0 Å². The number of hydrogen-bond acceptors (Lipinski definition) is 11. The van der Waals surface area contributed by atoms with Gasteiger partial charge in [-0.3, -0.25) is 14.4 Å². The fourth-order valence-corrected chi connectivity index (χ4v) is 6.37. The van der Waals surface area contributed by atoms with Crippen LogP contribution in [0, 0.1) is 0 Å². The van der Waals surface area contributed by atoms with Crippen LogP contribution in [0.3, 0.4) is 0 Å². The van der Waals surface area contributed by atoms with Gasteiger partial charge in [0.25, 0.3) is 0 Å². The molecule has 1 fully saturated rings. The molecule has 0 heterocycles. The summed E-state index contributed by atoms with van der Waals surface area (Å²) in [6.45, 7) is 0.00541. The number of unbranched alkanes of at least 4 members (excludes halogenated alkanes) is 2. The van der Waals surface area contributed by atoms with Gasteiger partial charge in [0, 0.05) is 47.1 Å². The average Bonchev–Trinajstić information content (AvgIpc) is 3.38. The Kier molecular flexibility index (Phi) is 21.2. The molecule has 0 radical (unpaired) electrons. The number of benzene rings is 2. The minimum atomic E-state index is -4.32. The minimum Gasteiger partial charge on any atom is -0.748 e. The quantitative estimate of drug-likeness (QED) is 0.0651. The molecule has 1 saturated carbocycles. The van der Waals surface area contributed by atoms with Gasteiger partial charge in [-0.15, -0.1) is 0 Å². The van der Waals surface area contributed by atoms with Crippen molar-refractivity contribution in [2.45, 2.75) is 38.5 Å². The third-order valence-corrected chi connectivity index (χ3v) is 9.31. The number of carbonyl (C=O) groups excluding carboxylic acids is 1. The van der Waals surface area contributed by atoms with Crippen LogP contribution in [-0.4, -0.2) is 91.6 Å². The molecule has 270 valence electrons. The number of carboxylic acid groups (broad SMARTS) is 2. The van der Waals surface area contributed by atoms with Crippen LogP contribution in [0.25, 0.3) is 12.2 Å². The second-order valence-electron chi connectivity index (χ2n) is 11.7. The van der Waals surface area contributed by atoms with Crippen LogP contribution in [0.2, 0.25) is 0 Å². The molecule has 0 unspecified atom stereocenters. The first-order valence-corrected chi connectivity index (χ1v) is 19.0. The minimum absolute atomic E-state index is 0.